The number of hydrogen-bond donors (Lipinski definition) is 2. The molecule has 1 aliphatic heterocycles. The normalized spacial score (nSPS) is 16.1. The summed E-state index contributed by atoms with van der Waals surface area (Å²) in [5.74, 6) is 0.980. The van der Waals surface area contributed by atoms with Crippen molar-refractivity contribution in [1.82, 2.24) is 20.5 Å². The first-order chi connectivity index (χ1) is 9.74. The predicted octanol–water partition coefficient (Wildman–Crippen LogP) is 0.773. The van der Waals surface area contributed by atoms with Gasteiger partial charge in [0.15, 0.2) is 11.6 Å². The van der Waals surface area contributed by atoms with Gasteiger partial charge in [-0.25, -0.2) is 0 Å². The fraction of sp³-hybridized carbons (Fsp3) is 0.455. The van der Waals surface area contributed by atoms with Crippen LogP contribution in [0.4, 0.5) is 11.8 Å². The molecule has 20 heavy (non-hydrogen) atoms. The summed E-state index contributed by atoms with van der Waals surface area (Å²) in [6.45, 7) is 3.58. The van der Waals surface area contributed by atoms with Gasteiger partial charge in [-0.15, -0.1) is 5.10 Å². The first-order valence-electron chi connectivity index (χ1n) is 6.37. The van der Waals surface area contributed by atoms with Gasteiger partial charge in [-0.1, -0.05) is 0 Å². The lowest BCUT2D eigenvalue weighted by atomic mass is 10.4. The van der Waals surface area contributed by atoms with E-state index in [0.29, 0.717) is 17.5 Å². The molecule has 0 bridgehead atoms. The predicted molar refractivity (Wildman–Crippen MR) is 70.4 cm³/mol. The Balaban J connectivity index is 1.79. The van der Waals surface area contributed by atoms with Crippen LogP contribution in [-0.4, -0.2) is 46.3 Å². The number of anilines is 1. The van der Waals surface area contributed by atoms with E-state index in [1.165, 1.54) is 12.1 Å². The number of furan rings is 1. The summed E-state index contributed by atoms with van der Waals surface area (Å²) in [6.07, 6.45) is 1.02. The number of aromatic nitrogens is 3. The zero-order chi connectivity index (χ0) is 13.9. The lowest BCUT2D eigenvalue weighted by Gasteiger charge is -2.16. The van der Waals surface area contributed by atoms with Gasteiger partial charge in [-0.05, 0) is 19.0 Å². The van der Waals surface area contributed by atoms with E-state index in [0.717, 1.165) is 32.6 Å². The fourth-order valence-electron chi connectivity index (χ4n) is 2.10. The van der Waals surface area contributed by atoms with Gasteiger partial charge in [0.05, 0.1) is 6.07 Å². The molecule has 2 aromatic rings. The smallest absolute Gasteiger partial charge is 0.397 e. The molecule has 2 N–H and O–H groups in total. The third-order valence-corrected chi connectivity index (χ3v) is 3.10. The number of nitrogens with zero attached hydrogens (tertiary/aromatic N) is 4. The molecule has 0 unspecified atom stereocenters. The molecule has 0 aromatic carbocycles. The molecule has 1 aliphatic rings. The number of aromatic amines is 1. The number of nitro groups is 1. The van der Waals surface area contributed by atoms with Crippen LogP contribution in [-0.2, 0) is 0 Å². The minimum absolute atomic E-state index is 0.308. The third kappa shape index (κ3) is 2.48. The van der Waals surface area contributed by atoms with E-state index < -0.39 is 4.92 Å². The number of hydrogen-bond acceptors (Lipinski definition) is 7. The minimum Gasteiger partial charge on any atom is -0.397 e. The number of rotatable bonds is 3. The summed E-state index contributed by atoms with van der Waals surface area (Å²) in [5, 5.41) is 20.8. The molecular formula is C11H14N6O3. The Kier molecular flexibility index (Phi) is 3.33. The maximum atomic E-state index is 10.6. The van der Waals surface area contributed by atoms with Crippen LogP contribution in [0.15, 0.2) is 16.5 Å². The van der Waals surface area contributed by atoms with Crippen LogP contribution in [0.25, 0.3) is 11.6 Å². The molecule has 0 atom stereocenters. The molecule has 1 saturated heterocycles. The Bertz CT molecular complexity index is 599. The summed E-state index contributed by atoms with van der Waals surface area (Å²) in [5.41, 5.74) is 0. The lowest BCUT2D eigenvalue weighted by molar-refractivity contribution is -0.401. The van der Waals surface area contributed by atoms with Crippen LogP contribution >= 0.6 is 0 Å². The standard InChI is InChI=1S/C11H14N6O3/c18-17(19)9-3-2-8(20-9)10-13-11(15-14-10)16-6-1-4-12-5-7-16/h2-3,12H,1,4-7H2,(H,13,14,15). The quantitative estimate of drug-likeness (QED) is 0.629. The van der Waals surface area contributed by atoms with Crippen LogP contribution < -0.4 is 10.2 Å². The molecule has 106 valence electrons. The second-order valence-corrected chi connectivity index (χ2v) is 4.47. The Morgan fingerprint density at radius 1 is 1.35 bits per heavy atom. The lowest BCUT2D eigenvalue weighted by Crippen LogP contribution is -2.28. The van der Waals surface area contributed by atoms with Gasteiger partial charge in [0.25, 0.3) is 0 Å². The maximum absolute atomic E-state index is 10.6. The highest BCUT2D eigenvalue weighted by molar-refractivity contribution is 5.51. The van der Waals surface area contributed by atoms with Crippen molar-refractivity contribution in [2.75, 3.05) is 31.1 Å². The topological polar surface area (TPSA) is 113 Å². The van der Waals surface area contributed by atoms with Crippen molar-refractivity contribution >= 4 is 11.8 Å². The minimum atomic E-state index is -0.582. The highest BCUT2D eigenvalue weighted by Crippen LogP contribution is 2.24. The molecule has 3 heterocycles. The highest BCUT2D eigenvalue weighted by Gasteiger charge is 2.18. The number of nitrogens with one attached hydrogen (secondary N) is 2. The zero-order valence-corrected chi connectivity index (χ0v) is 10.7. The second-order valence-electron chi connectivity index (χ2n) is 4.47. The SMILES string of the molecule is O=[N+]([O-])c1ccc(-c2nc(N3CCCNCC3)n[nH]2)o1. The van der Waals surface area contributed by atoms with Crippen molar-refractivity contribution in [2.45, 2.75) is 6.42 Å². The first-order valence-corrected chi connectivity index (χ1v) is 6.37. The molecule has 2 aromatic heterocycles. The largest absolute Gasteiger partial charge is 0.433 e. The van der Waals surface area contributed by atoms with E-state index >= 15 is 0 Å². The Hall–Kier alpha value is -2.42. The van der Waals surface area contributed by atoms with Gasteiger partial charge in [0, 0.05) is 19.6 Å². The fourth-order valence-corrected chi connectivity index (χ4v) is 2.10. The van der Waals surface area contributed by atoms with Crippen LogP contribution in [0.1, 0.15) is 6.42 Å². The van der Waals surface area contributed by atoms with Gasteiger partial charge in [-0.2, -0.15) is 4.98 Å². The molecule has 0 saturated carbocycles. The van der Waals surface area contributed by atoms with Gasteiger partial charge >= 0.3 is 5.88 Å². The van der Waals surface area contributed by atoms with E-state index in [2.05, 4.69) is 25.4 Å². The second kappa shape index (κ2) is 5.29. The van der Waals surface area contributed by atoms with Crippen LogP contribution in [0.5, 0.6) is 0 Å². The van der Waals surface area contributed by atoms with Crippen molar-refractivity contribution in [3.63, 3.8) is 0 Å². The third-order valence-electron chi connectivity index (χ3n) is 3.10. The van der Waals surface area contributed by atoms with Crippen molar-refractivity contribution in [1.29, 1.82) is 0 Å². The average Bonchev–Trinajstić information content (AvgIpc) is 3.02. The van der Waals surface area contributed by atoms with Crippen molar-refractivity contribution < 1.29 is 9.34 Å². The Morgan fingerprint density at radius 3 is 3.05 bits per heavy atom. The van der Waals surface area contributed by atoms with E-state index in [-0.39, 0.29) is 5.88 Å². The van der Waals surface area contributed by atoms with Crippen molar-refractivity contribution in [2.24, 2.45) is 0 Å². The van der Waals surface area contributed by atoms with Gasteiger partial charge in [-0.3, -0.25) is 15.2 Å². The van der Waals surface area contributed by atoms with Crippen LogP contribution in [0, 0.1) is 10.1 Å². The molecule has 1 fully saturated rings. The van der Waals surface area contributed by atoms with E-state index in [4.69, 9.17) is 4.42 Å². The monoisotopic (exact) mass is 278 g/mol. The van der Waals surface area contributed by atoms with E-state index in [1.54, 1.807) is 0 Å². The molecule has 3 rings (SSSR count). The first kappa shape index (κ1) is 12.6. The van der Waals surface area contributed by atoms with Gasteiger partial charge < -0.3 is 14.6 Å². The molecule has 0 radical (unpaired) electrons. The average molecular weight is 278 g/mol. The molecule has 9 nitrogen and oxygen atoms in total. The summed E-state index contributed by atoms with van der Waals surface area (Å²) in [4.78, 5) is 16.4. The van der Waals surface area contributed by atoms with Gasteiger partial charge in [0.1, 0.15) is 4.92 Å². The summed E-state index contributed by atoms with van der Waals surface area (Å²) >= 11 is 0. The molecule has 0 aliphatic carbocycles. The van der Waals surface area contributed by atoms with Crippen LogP contribution in [0.3, 0.4) is 0 Å². The molecular weight excluding hydrogens is 264 g/mol. The Morgan fingerprint density at radius 2 is 2.25 bits per heavy atom. The van der Waals surface area contributed by atoms with Crippen LogP contribution in [0.2, 0.25) is 0 Å². The zero-order valence-electron chi connectivity index (χ0n) is 10.7. The molecule has 9 heteroatoms. The molecule has 0 spiro atoms. The van der Waals surface area contributed by atoms with E-state index in [9.17, 15) is 10.1 Å². The molecule has 0 amide bonds. The van der Waals surface area contributed by atoms with E-state index in [1.807, 2.05) is 0 Å². The summed E-state index contributed by atoms with van der Waals surface area (Å²) < 4.78 is 5.09. The summed E-state index contributed by atoms with van der Waals surface area (Å²) in [7, 11) is 0. The summed E-state index contributed by atoms with van der Waals surface area (Å²) in [6, 6.07) is 2.81. The van der Waals surface area contributed by atoms with Gasteiger partial charge in [0.2, 0.25) is 5.95 Å². The Labute approximate surface area is 114 Å². The highest BCUT2D eigenvalue weighted by atomic mass is 16.6. The maximum Gasteiger partial charge on any atom is 0.433 e. The van der Waals surface area contributed by atoms with Crippen molar-refractivity contribution in [3.8, 4) is 11.6 Å². The number of H-pyrrole nitrogens is 1. The van der Waals surface area contributed by atoms with Crippen molar-refractivity contribution in [3.05, 3.63) is 22.2 Å².